The molecule has 1 aliphatic heterocycles. The average Bonchev–Trinajstić information content (AvgIpc) is 3.06. The van der Waals surface area contributed by atoms with Gasteiger partial charge in [0.15, 0.2) is 11.4 Å². The molecule has 28 heavy (non-hydrogen) atoms. The number of imidazole rings is 1. The van der Waals surface area contributed by atoms with Gasteiger partial charge in [0, 0.05) is 38.9 Å². The van der Waals surface area contributed by atoms with Crippen LogP contribution in [0.2, 0.25) is 0 Å². The molecule has 0 spiro atoms. The largest absolute Gasteiger partial charge is 0.490 e. The lowest BCUT2D eigenvalue weighted by atomic mass is 10.2. The summed E-state index contributed by atoms with van der Waals surface area (Å²) in [6.45, 7) is 8.53. The van der Waals surface area contributed by atoms with Gasteiger partial charge in [-0.15, -0.1) is 0 Å². The number of aryl methyl sites for hydroxylation is 1. The van der Waals surface area contributed by atoms with Crippen LogP contribution in [0, 0.1) is 6.92 Å². The number of pyridine rings is 1. The Bertz CT molecular complexity index is 959. The second kappa shape index (κ2) is 8.02. The maximum absolute atomic E-state index is 13.2. The number of carbonyl (C=O) groups is 1. The number of ether oxygens (including phenoxy) is 1. The molecule has 1 aromatic carbocycles. The number of nitrogens with zero attached hydrogens (tertiary/aromatic N) is 4. The molecule has 6 heteroatoms. The fourth-order valence-electron chi connectivity index (χ4n) is 3.78. The number of rotatable bonds is 5. The molecule has 146 valence electrons. The topological polar surface area (TPSA) is 50.1 Å². The van der Waals surface area contributed by atoms with Crippen molar-refractivity contribution in [2.75, 3.05) is 32.8 Å². The highest BCUT2D eigenvalue weighted by molar-refractivity contribution is 5.95. The van der Waals surface area contributed by atoms with Crippen LogP contribution in [0.1, 0.15) is 28.7 Å². The van der Waals surface area contributed by atoms with Gasteiger partial charge in [-0.2, -0.15) is 0 Å². The number of amides is 1. The van der Waals surface area contributed by atoms with E-state index in [-0.39, 0.29) is 5.91 Å². The van der Waals surface area contributed by atoms with E-state index in [1.165, 1.54) is 5.56 Å². The van der Waals surface area contributed by atoms with Crippen molar-refractivity contribution in [3.05, 3.63) is 65.6 Å². The molecule has 6 nitrogen and oxygen atoms in total. The van der Waals surface area contributed by atoms with Gasteiger partial charge in [-0.3, -0.25) is 14.1 Å². The lowest BCUT2D eigenvalue weighted by Crippen LogP contribution is -2.48. The van der Waals surface area contributed by atoms with Gasteiger partial charge >= 0.3 is 0 Å². The first-order valence-electron chi connectivity index (χ1n) is 9.83. The smallest absolute Gasteiger partial charge is 0.272 e. The van der Waals surface area contributed by atoms with E-state index in [0.717, 1.165) is 38.4 Å². The molecule has 1 saturated heterocycles. The maximum atomic E-state index is 13.2. The van der Waals surface area contributed by atoms with Crippen LogP contribution in [-0.4, -0.2) is 57.9 Å². The summed E-state index contributed by atoms with van der Waals surface area (Å²) in [7, 11) is 0. The Kier molecular flexibility index (Phi) is 5.30. The SMILES string of the molecule is CCOc1cccn2c(C(=O)N3CCN(Cc4ccccc4)CC3)c(C)nc12. The van der Waals surface area contributed by atoms with E-state index in [4.69, 9.17) is 4.74 Å². The van der Waals surface area contributed by atoms with Gasteiger partial charge in [0.1, 0.15) is 5.69 Å². The fourth-order valence-corrected chi connectivity index (χ4v) is 3.78. The second-order valence-corrected chi connectivity index (χ2v) is 7.10. The van der Waals surface area contributed by atoms with E-state index in [1.54, 1.807) is 0 Å². The molecule has 1 aliphatic rings. The molecule has 1 amide bonds. The Morgan fingerprint density at radius 1 is 1.07 bits per heavy atom. The molecule has 0 atom stereocenters. The lowest BCUT2D eigenvalue weighted by molar-refractivity contribution is 0.0621. The minimum absolute atomic E-state index is 0.0398. The highest BCUT2D eigenvalue weighted by Crippen LogP contribution is 2.23. The summed E-state index contributed by atoms with van der Waals surface area (Å²) in [6.07, 6.45) is 1.89. The van der Waals surface area contributed by atoms with Crippen LogP contribution in [0.5, 0.6) is 5.75 Å². The van der Waals surface area contributed by atoms with Gasteiger partial charge in [0.2, 0.25) is 0 Å². The zero-order valence-corrected chi connectivity index (χ0v) is 16.5. The van der Waals surface area contributed by atoms with Crippen LogP contribution in [0.3, 0.4) is 0 Å². The summed E-state index contributed by atoms with van der Waals surface area (Å²) in [5.41, 5.74) is 3.38. The van der Waals surface area contributed by atoms with Crippen LogP contribution < -0.4 is 4.74 Å². The van der Waals surface area contributed by atoms with Crippen LogP contribution in [0.25, 0.3) is 5.65 Å². The van der Waals surface area contributed by atoms with E-state index in [2.05, 4.69) is 34.1 Å². The van der Waals surface area contributed by atoms with Gasteiger partial charge in [-0.1, -0.05) is 30.3 Å². The predicted molar refractivity (Wildman–Crippen MR) is 109 cm³/mol. The lowest BCUT2D eigenvalue weighted by Gasteiger charge is -2.34. The Labute approximate surface area is 165 Å². The normalized spacial score (nSPS) is 15.1. The third-order valence-corrected chi connectivity index (χ3v) is 5.20. The third kappa shape index (κ3) is 3.60. The molecule has 1 fully saturated rings. The number of hydrogen-bond acceptors (Lipinski definition) is 4. The van der Waals surface area contributed by atoms with Crippen LogP contribution >= 0.6 is 0 Å². The van der Waals surface area contributed by atoms with Crippen molar-refractivity contribution in [3.8, 4) is 5.75 Å². The first kappa shape index (κ1) is 18.5. The summed E-state index contributed by atoms with van der Waals surface area (Å²) >= 11 is 0. The Hall–Kier alpha value is -2.86. The van der Waals surface area contributed by atoms with E-state index < -0.39 is 0 Å². The minimum atomic E-state index is 0.0398. The van der Waals surface area contributed by atoms with Crippen molar-refractivity contribution in [1.29, 1.82) is 0 Å². The number of carbonyl (C=O) groups excluding carboxylic acids is 1. The van der Waals surface area contributed by atoms with E-state index in [1.807, 2.05) is 47.5 Å². The Morgan fingerprint density at radius 3 is 2.54 bits per heavy atom. The zero-order chi connectivity index (χ0) is 19.5. The summed E-state index contributed by atoms with van der Waals surface area (Å²) in [6, 6.07) is 14.3. The highest BCUT2D eigenvalue weighted by atomic mass is 16.5. The number of aromatic nitrogens is 2. The zero-order valence-electron chi connectivity index (χ0n) is 16.5. The van der Waals surface area contributed by atoms with Crippen molar-refractivity contribution in [2.24, 2.45) is 0 Å². The molecule has 4 rings (SSSR count). The number of fused-ring (bicyclic) bond motifs is 1. The van der Waals surface area contributed by atoms with Crippen LogP contribution in [0.15, 0.2) is 48.7 Å². The van der Waals surface area contributed by atoms with Gasteiger partial charge in [0.05, 0.1) is 12.3 Å². The molecule has 0 bridgehead atoms. The highest BCUT2D eigenvalue weighted by Gasteiger charge is 2.26. The standard InChI is InChI=1S/C22H26N4O2/c1-3-28-19-10-7-11-26-20(17(2)23-21(19)26)22(27)25-14-12-24(13-15-25)16-18-8-5-4-6-9-18/h4-11H,3,12-16H2,1-2H3. The number of piperazine rings is 1. The molecular weight excluding hydrogens is 352 g/mol. The summed E-state index contributed by atoms with van der Waals surface area (Å²) in [4.78, 5) is 22.2. The molecule has 0 saturated carbocycles. The monoisotopic (exact) mass is 378 g/mol. The van der Waals surface area contributed by atoms with Crippen LogP contribution in [0.4, 0.5) is 0 Å². The average molecular weight is 378 g/mol. The predicted octanol–water partition coefficient (Wildman–Crippen LogP) is 3.00. The molecule has 3 heterocycles. The number of benzene rings is 1. The molecule has 0 unspecified atom stereocenters. The van der Waals surface area contributed by atoms with Gasteiger partial charge < -0.3 is 9.64 Å². The second-order valence-electron chi connectivity index (χ2n) is 7.10. The summed E-state index contributed by atoms with van der Waals surface area (Å²) < 4.78 is 7.53. The first-order chi connectivity index (χ1) is 13.7. The minimum Gasteiger partial charge on any atom is -0.490 e. The van der Waals surface area contributed by atoms with E-state index >= 15 is 0 Å². The molecule has 0 aliphatic carbocycles. The van der Waals surface area contributed by atoms with Crippen molar-refractivity contribution in [2.45, 2.75) is 20.4 Å². The summed E-state index contributed by atoms with van der Waals surface area (Å²) in [5.74, 6) is 0.748. The van der Waals surface area contributed by atoms with Gasteiger partial charge in [-0.05, 0) is 31.5 Å². The first-order valence-corrected chi connectivity index (χ1v) is 9.83. The molecule has 0 N–H and O–H groups in total. The Balaban J connectivity index is 1.48. The maximum Gasteiger partial charge on any atom is 0.272 e. The van der Waals surface area contributed by atoms with E-state index in [0.29, 0.717) is 23.7 Å². The quantitative estimate of drug-likeness (QED) is 0.685. The van der Waals surface area contributed by atoms with Gasteiger partial charge in [0.25, 0.3) is 5.91 Å². The molecule has 2 aromatic heterocycles. The van der Waals surface area contributed by atoms with Crippen molar-refractivity contribution < 1.29 is 9.53 Å². The molecule has 3 aromatic rings. The molecule has 0 radical (unpaired) electrons. The fraction of sp³-hybridized carbons (Fsp3) is 0.364. The molecular formula is C22H26N4O2. The van der Waals surface area contributed by atoms with Crippen LogP contribution in [-0.2, 0) is 6.54 Å². The van der Waals surface area contributed by atoms with Crippen molar-refractivity contribution in [1.82, 2.24) is 19.2 Å². The van der Waals surface area contributed by atoms with Gasteiger partial charge in [-0.25, -0.2) is 4.98 Å². The van der Waals surface area contributed by atoms with Crippen molar-refractivity contribution in [3.63, 3.8) is 0 Å². The summed E-state index contributed by atoms with van der Waals surface area (Å²) in [5, 5.41) is 0. The third-order valence-electron chi connectivity index (χ3n) is 5.20. The Morgan fingerprint density at radius 2 is 1.82 bits per heavy atom. The van der Waals surface area contributed by atoms with Crippen molar-refractivity contribution >= 4 is 11.6 Å². The van der Waals surface area contributed by atoms with E-state index in [9.17, 15) is 4.79 Å². The number of hydrogen-bond donors (Lipinski definition) is 0.